The van der Waals surface area contributed by atoms with E-state index in [0.29, 0.717) is 0 Å². The summed E-state index contributed by atoms with van der Waals surface area (Å²) in [5, 5.41) is 0. The van der Waals surface area contributed by atoms with Gasteiger partial charge in [-0.3, -0.25) is 27.1 Å². The highest BCUT2D eigenvalue weighted by molar-refractivity contribution is 7.48. The van der Waals surface area contributed by atoms with E-state index in [1.165, 1.54) is 0 Å². The van der Waals surface area contributed by atoms with Crippen LogP contribution in [0.3, 0.4) is 0 Å². The predicted octanol–water partition coefficient (Wildman–Crippen LogP) is 1.83. The van der Waals surface area contributed by atoms with Crippen LogP contribution >= 0.6 is 15.6 Å². The first kappa shape index (κ1) is 22.5. The van der Waals surface area contributed by atoms with Gasteiger partial charge in [-0.05, 0) is 0 Å². The predicted molar refractivity (Wildman–Crippen MR) is 86.3 cm³/mol. The summed E-state index contributed by atoms with van der Waals surface area (Å²) in [5.74, 6) is 8.41. The van der Waals surface area contributed by atoms with Crippen molar-refractivity contribution in [2.75, 3.05) is 39.6 Å². The van der Waals surface area contributed by atoms with Gasteiger partial charge in [-0.2, -0.15) is 0 Å². The van der Waals surface area contributed by atoms with Gasteiger partial charge in [-0.1, -0.05) is 23.7 Å². The fourth-order valence-electron chi connectivity index (χ4n) is 0.987. The van der Waals surface area contributed by atoms with Gasteiger partial charge in [-0.15, -0.1) is 25.7 Å². The van der Waals surface area contributed by atoms with E-state index in [0.717, 1.165) is 0 Å². The van der Waals surface area contributed by atoms with Crippen LogP contribution in [0.2, 0.25) is 0 Å². The average Bonchev–Trinajstić information content (AvgIpc) is 2.59. The summed E-state index contributed by atoms with van der Waals surface area (Å²) < 4.78 is 53.2. The highest BCUT2D eigenvalue weighted by Gasteiger charge is 2.29. The molecule has 0 amide bonds. The molecule has 0 aliphatic carbocycles. The average molecular weight is 374 g/mol. The van der Waals surface area contributed by atoms with Crippen LogP contribution in [0.25, 0.3) is 0 Å². The molecule has 0 aromatic rings. The molecule has 0 radical (unpaired) electrons. The summed E-state index contributed by atoms with van der Waals surface area (Å²) in [7, 11) is -7.96. The Balaban J connectivity index is 4.52. The minimum absolute atomic E-state index is 0.322. The highest BCUT2D eigenvalue weighted by atomic mass is 31.2. The van der Waals surface area contributed by atoms with E-state index in [-0.39, 0.29) is 39.6 Å². The molecule has 0 heterocycles. The Kier molecular flexibility index (Phi) is 12.0. The number of hydrogen-bond donors (Lipinski definition) is 0. The Morgan fingerprint density at radius 2 is 0.792 bits per heavy atom. The van der Waals surface area contributed by atoms with E-state index < -0.39 is 15.6 Å². The van der Waals surface area contributed by atoms with Crippen LogP contribution in [0, 0.1) is 49.4 Å². The van der Waals surface area contributed by atoms with Gasteiger partial charge in [0, 0.05) is 0 Å². The van der Waals surface area contributed by atoms with E-state index in [4.69, 9.17) is 52.8 Å². The standard InChI is InChI=1S/C14H16O8P2/c1-5-9-17-23(15,18-10-6-2)21-13-14-22-24(16,19-11-7-3)20-12-8-4/h1-4H,9-14H2. The van der Waals surface area contributed by atoms with Gasteiger partial charge in [0.25, 0.3) is 0 Å². The first-order valence-corrected chi connectivity index (χ1v) is 9.18. The van der Waals surface area contributed by atoms with Crippen molar-refractivity contribution in [2.24, 2.45) is 0 Å². The minimum Gasteiger partial charge on any atom is -0.284 e. The summed E-state index contributed by atoms with van der Waals surface area (Å²) >= 11 is 0. The summed E-state index contributed by atoms with van der Waals surface area (Å²) in [6, 6.07) is 0. The lowest BCUT2D eigenvalue weighted by Crippen LogP contribution is -2.08. The van der Waals surface area contributed by atoms with Crippen molar-refractivity contribution in [3.05, 3.63) is 0 Å². The van der Waals surface area contributed by atoms with Crippen molar-refractivity contribution in [1.29, 1.82) is 0 Å². The SMILES string of the molecule is C#CCOP(=O)(OCC#C)OCCOP(=O)(OCC#C)OCC#C. The van der Waals surface area contributed by atoms with E-state index in [1.807, 2.05) is 0 Å². The molecular formula is C14H16O8P2. The maximum absolute atomic E-state index is 12.1. The van der Waals surface area contributed by atoms with Gasteiger partial charge < -0.3 is 0 Å². The molecule has 0 atom stereocenters. The van der Waals surface area contributed by atoms with Crippen LogP contribution in [0.5, 0.6) is 0 Å². The molecule has 0 rings (SSSR count). The smallest absolute Gasteiger partial charge is 0.284 e. The van der Waals surface area contributed by atoms with Gasteiger partial charge in [-0.25, -0.2) is 9.13 Å². The fourth-order valence-corrected chi connectivity index (χ4v) is 2.96. The first-order chi connectivity index (χ1) is 11.4. The van der Waals surface area contributed by atoms with Gasteiger partial charge in [0.15, 0.2) is 0 Å². The maximum atomic E-state index is 12.1. The summed E-state index contributed by atoms with van der Waals surface area (Å²) in [6.07, 6.45) is 20.0. The molecule has 0 aliphatic rings. The van der Waals surface area contributed by atoms with Crippen LogP contribution in [0.15, 0.2) is 0 Å². The number of terminal acetylenes is 4. The van der Waals surface area contributed by atoms with Crippen molar-refractivity contribution in [2.45, 2.75) is 0 Å². The third kappa shape index (κ3) is 10.3. The second-order valence-corrected chi connectivity index (χ2v) is 6.81. The molecule has 0 fully saturated rings. The molecule has 10 heteroatoms. The van der Waals surface area contributed by atoms with E-state index >= 15 is 0 Å². The van der Waals surface area contributed by atoms with E-state index in [9.17, 15) is 9.13 Å². The molecule has 0 saturated carbocycles. The molecule has 0 unspecified atom stereocenters. The molecule has 24 heavy (non-hydrogen) atoms. The lowest BCUT2D eigenvalue weighted by molar-refractivity contribution is 0.0899. The Labute approximate surface area is 141 Å². The summed E-state index contributed by atoms with van der Waals surface area (Å²) in [4.78, 5) is 0. The molecule has 0 aliphatic heterocycles. The first-order valence-electron chi connectivity index (χ1n) is 6.26. The Morgan fingerprint density at radius 3 is 1.00 bits per heavy atom. The summed E-state index contributed by atoms with van der Waals surface area (Å²) in [6.45, 7) is -1.99. The second kappa shape index (κ2) is 12.8. The zero-order valence-electron chi connectivity index (χ0n) is 12.7. The van der Waals surface area contributed by atoms with Crippen LogP contribution in [0.4, 0.5) is 0 Å². The molecule has 0 saturated heterocycles. The van der Waals surface area contributed by atoms with Crippen LogP contribution < -0.4 is 0 Å². The molecule has 0 bridgehead atoms. The van der Waals surface area contributed by atoms with Gasteiger partial charge in [0.1, 0.15) is 26.4 Å². The minimum atomic E-state index is -3.98. The van der Waals surface area contributed by atoms with Crippen molar-refractivity contribution in [1.82, 2.24) is 0 Å². The van der Waals surface area contributed by atoms with E-state index in [1.54, 1.807) is 0 Å². The molecule has 8 nitrogen and oxygen atoms in total. The van der Waals surface area contributed by atoms with Crippen molar-refractivity contribution >= 4 is 15.6 Å². The Morgan fingerprint density at radius 1 is 0.542 bits per heavy atom. The van der Waals surface area contributed by atoms with Crippen LogP contribution in [0.1, 0.15) is 0 Å². The number of phosphoric acid groups is 2. The number of rotatable bonds is 13. The zero-order valence-corrected chi connectivity index (χ0v) is 14.5. The molecular weight excluding hydrogens is 358 g/mol. The molecule has 130 valence electrons. The van der Waals surface area contributed by atoms with Crippen molar-refractivity contribution < 1.29 is 36.3 Å². The third-order valence-corrected chi connectivity index (χ3v) is 4.59. The molecule has 0 aromatic carbocycles. The van der Waals surface area contributed by atoms with Crippen LogP contribution in [-0.2, 0) is 36.3 Å². The highest BCUT2D eigenvalue weighted by Crippen LogP contribution is 2.51. The second-order valence-electron chi connectivity index (χ2n) is 3.47. The zero-order chi connectivity index (χ0) is 18.3. The van der Waals surface area contributed by atoms with Crippen molar-refractivity contribution in [3.63, 3.8) is 0 Å². The molecule has 0 spiro atoms. The van der Waals surface area contributed by atoms with Gasteiger partial charge >= 0.3 is 15.6 Å². The monoisotopic (exact) mass is 374 g/mol. The molecule has 0 aromatic heterocycles. The maximum Gasteiger partial charge on any atom is 0.476 e. The Hall–Kier alpha value is -1.54. The largest absolute Gasteiger partial charge is 0.476 e. The van der Waals surface area contributed by atoms with Gasteiger partial charge in [0.05, 0.1) is 13.2 Å². The fraction of sp³-hybridized carbons (Fsp3) is 0.429. The topological polar surface area (TPSA) is 89.5 Å². The van der Waals surface area contributed by atoms with E-state index in [2.05, 4.69) is 23.7 Å². The van der Waals surface area contributed by atoms with Crippen LogP contribution in [-0.4, -0.2) is 39.6 Å². The lowest BCUT2D eigenvalue weighted by Gasteiger charge is -2.18. The Bertz CT molecular complexity index is 531. The molecule has 0 N–H and O–H groups in total. The van der Waals surface area contributed by atoms with Gasteiger partial charge in [0.2, 0.25) is 0 Å². The quantitative estimate of drug-likeness (QED) is 0.274. The summed E-state index contributed by atoms with van der Waals surface area (Å²) in [5.41, 5.74) is 0. The number of hydrogen-bond acceptors (Lipinski definition) is 8. The number of phosphoric ester groups is 2. The third-order valence-electron chi connectivity index (χ3n) is 1.81. The van der Waals surface area contributed by atoms with Crippen molar-refractivity contribution in [3.8, 4) is 49.4 Å². The lowest BCUT2D eigenvalue weighted by atomic mass is 10.8. The normalized spacial score (nSPS) is 11.0.